The fourth-order valence-corrected chi connectivity index (χ4v) is 2.77. The van der Waals surface area contributed by atoms with Crippen molar-refractivity contribution >= 4 is 11.7 Å². The van der Waals surface area contributed by atoms with Crippen LogP contribution in [0.5, 0.6) is 0 Å². The van der Waals surface area contributed by atoms with Crippen molar-refractivity contribution in [1.82, 2.24) is 4.98 Å². The molecule has 0 N–H and O–H groups in total. The van der Waals surface area contributed by atoms with Crippen LogP contribution in [0.25, 0.3) is 0 Å². The third-order valence-corrected chi connectivity index (χ3v) is 3.77. The molecule has 0 aliphatic heterocycles. The van der Waals surface area contributed by atoms with E-state index in [1.807, 2.05) is 11.8 Å². The van der Waals surface area contributed by atoms with Gasteiger partial charge in [-0.25, -0.2) is 4.98 Å². The smallest absolute Gasteiger partial charge is 0.227 e. The molecule has 0 saturated carbocycles. The lowest BCUT2D eigenvalue weighted by Gasteiger charge is -2.25. The van der Waals surface area contributed by atoms with Gasteiger partial charge in [-0.1, -0.05) is 19.9 Å². The molecule has 0 bridgehead atoms. The number of anilines is 1. The minimum Gasteiger partial charge on any atom is -0.297 e. The standard InChI is InChI=1S/C16H24N2O/c1-4-10-18(15(19)5-2)16-12(3)11-13-8-6-7-9-14(13)17-16/h11H,4-10H2,1-3H3. The molecule has 1 amide bonds. The van der Waals surface area contributed by atoms with E-state index in [4.69, 9.17) is 4.98 Å². The monoisotopic (exact) mass is 260 g/mol. The third-order valence-electron chi connectivity index (χ3n) is 3.77. The minimum atomic E-state index is 0.174. The Bertz CT molecular complexity index is 468. The number of nitrogens with zero attached hydrogens (tertiary/aromatic N) is 2. The normalized spacial score (nSPS) is 14.1. The Balaban J connectivity index is 2.38. The summed E-state index contributed by atoms with van der Waals surface area (Å²) < 4.78 is 0. The molecule has 0 radical (unpaired) electrons. The van der Waals surface area contributed by atoms with E-state index < -0.39 is 0 Å². The van der Waals surface area contributed by atoms with E-state index in [0.717, 1.165) is 37.2 Å². The highest BCUT2D eigenvalue weighted by molar-refractivity contribution is 5.92. The maximum Gasteiger partial charge on any atom is 0.227 e. The van der Waals surface area contributed by atoms with Gasteiger partial charge in [0.25, 0.3) is 0 Å². The number of aromatic nitrogens is 1. The van der Waals surface area contributed by atoms with Crippen LogP contribution in [0.15, 0.2) is 6.07 Å². The van der Waals surface area contributed by atoms with E-state index in [0.29, 0.717) is 6.42 Å². The van der Waals surface area contributed by atoms with Crippen molar-refractivity contribution < 1.29 is 4.79 Å². The molecule has 0 fully saturated rings. The van der Waals surface area contributed by atoms with Gasteiger partial charge in [-0.05, 0) is 50.2 Å². The largest absolute Gasteiger partial charge is 0.297 e. The molecule has 0 spiro atoms. The van der Waals surface area contributed by atoms with Crippen LogP contribution in [-0.2, 0) is 17.6 Å². The average molecular weight is 260 g/mol. The van der Waals surface area contributed by atoms with Gasteiger partial charge in [0.1, 0.15) is 5.82 Å². The third kappa shape index (κ3) is 2.96. The number of aryl methyl sites for hydroxylation is 3. The van der Waals surface area contributed by atoms with Crippen LogP contribution in [-0.4, -0.2) is 17.4 Å². The highest BCUT2D eigenvalue weighted by atomic mass is 16.2. The molecule has 1 aliphatic carbocycles. The van der Waals surface area contributed by atoms with Gasteiger partial charge in [-0.3, -0.25) is 9.69 Å². The first kappa shape index (κ1) is 14.0. The van der Waals surface area contributed by atoms with Crippen molar-refractivity contribution in [2.24, 2.45) is 0 Å². The van der Waals surface area contributed by atoms with Crippen LogP contribution in [0.2, 0.25) is 0 Å². The summed E-state index contributed by atoms with van der Waals surface area (Å²) in [7, 11) is 0. The van der Waals surface area contributed by atoms with Gasteiger partial charge in [-0.15, -0.1) is 0 Å². The van der Waals surface area contributed by atoms with Crippen molar-refractivity contribution in [3.05, 3.63) is 22.9 Å². The van der Waals surface area contributed by atoms with Gasteiger partial charge < -0.3 is 0 Å². The molecule has 3 nitrogen and oxygen atoms in total. The van der Waals surface area contributed by atoms with Gasteiger partial charge in [-0.2, -0.15) is 0 Å². The van der Waals surface area contributed by atoms with Crippen molar-refractivity contribution in [2.45, 2.75) is 59.3 Å². The Morgan fingerprint density at radius 1 is 1.32 bits per heavy atom. The molecular weight excluding hydrogens is 236 g/mol. The lowest BCUT2D eigenvalue weighted by Crippen LogP contribution is -2.32. The Hall–Kier alpha value is -1.38. The number of fused-ring (bicyclic) bond motifs is 1. The number of hydrogen-bond acceptors (Lipinski definition) is 2. The molecule has 2 rings (SSSR count). The second-order valence-corrected chi connectivity index (χ2v) is 5.34. The van der Waals surface area contributed by atoms with E-state index in [2.05, 4.69) is 19.9 Å². The number of amides is 1. The van der Waals surface area contributed by atoms with Gasteiger partial charge >= 0.3 is 0 Å². The first-order valence-electron chi connectivity index (χ1n) is 7.47. The Labute approximate surface area is 116 Å². The van der Waals surface area contributed by atoms with E-state index in [1.54, 1.807) is 0 Å². The van der Waals surface area contributed by atoms with Gasteiger partial charge in [0.2, 0.25) is 5.91 Å². The molecule has 0 unspecified atom stereocenters. The minimum absolute atomic E-state index is 0.174. The molecule has 0 aromatic carbocycles. The van der Waals surface area contributed by atoms with E-state index in [1.165, 1.54) is 24.1 Å². The van der Waals surface area contributed by atoms with Gasteiger partial charge in [0.05, 0.1) is 0 Å². The molecule has 1 heterocycles. The lowest BCUT2D eigenvalue weighted by atomic mass is 9.95. The summed E-state index contributed by atoms with van der Waals surface area (Å²) in [4.78, 5) is 18.8. The highest BCUT2D eigenvalue weighted by Gasteiger charge is 2.20. The van der Waals surface area contributed by atoms with Crippen LogP contribution >= 0.6 is 0 Å². The zero-order chi connectivity index (χ0) is 13.8. The highest BCUT2D eigenvalue weighted by Crippen LogP contribution is 2.26. The summed E-state index contributed by atoms with van der Waals surface area (Å²) in [5.74, 6) is 1.06. The predicted molar refractivity (Wildman–Crippen MR) is 78.6 cm³/mol. The topological polar surface area (TPSA) is 33.2 Å². The predicted octanol–water partition coefficient (Wildman–Crippen LogP) is 3.42. The lowest BCUT2D eigenvalue weighted by molar-refractivity contribution is -0.118. The molecular formula is C16H24N2O. The molecule has 1 aliphatic rings. The molecule has 0 saturated heterocycles. The molecule has 1 aromatic heterocycles. The Morgan fingerprint density at radius 2 is 2.05 bits per heavy atom. The van der Waals surface area contributed by atoms with Crippen LogP contribution in [0.1, 0.15) is 56.4 Å². The van der Waals surface area contributed by atoms with Crippen LogP contribution in [0.4, 0.5) is 5.82 Å². The van der Waals surface area contributed by atoms with Crippen molar-refractivity contribution in [2.75, 3.05) is 11.4 Å². The maximum atomic E-state index is 12.1. The van der Waals surface area contributed by atoms with Crippen molar-refractivity contribution in [3.8, 4) is 0 Å². The van der Waals surface area contributed by atoms with Crippen LogP contribution < -0.4 is 4.90 Å². The Morgan fingerprint density at radius 3 is 2.74 bits per heavy atom. The molecule has 104 valence electrons. The summed E-state index contributed by atoms with van der Waals surface area (Å²) in [6.45, 7) is 6.85. The fourth-order valence-electron chi connectivity index (χ4n) is 2.77. The second-order valence-electron chi connectivity index (χ2n) is 5.34. The van der Waals surface area contributed by atoms with E-state index in [-0.39, 0.29) is 5.91 Å². The van der Waals surface area contributed by atoms with E-state index >= 15 is 0 Å². The van der Waals surface area contributed by atoms with E-state index in [9.17, 15) is 4.79 Å². The SMILES string of the molecule is CCCN(C(=O)CC)c1nc2c(cc1C)CCCC2. The number of hydrogen-bond donors (Lipinski definition) is 0. The molecule has 0 atom stereocenters. The second kappa shape index (κ2) is 6.18. The number of rotatable bonds is 4. The number of pyridine rings is 1. The maximum absolute atomic E-state index is 12.1. The first-order chi connectivity index (χ1) is 9.17. The zero-order valence-electron chi connectivity index (χ0n) is 12.3. The summed E-state index contributed by atoms with van der Waals surface area (Å²) >= 11 is 0. The van der Waals surface area contributed by atoms with Crippen molar-refractivity contribution in [1.29, 1.82) is 0 Å². The molecule has 19 heavy (non-hydrogen) atoms. The number of carbonyl (C=O) groups is 1. The van der Waals surface area contributed by atoms with Crippen molar-refractivity contribution in [3.63, 3.8) is 0 Å². The summed E-state index contributed by atoms with van der Waals surface area (Å²) in [6.07, 6.45) is 6.18. The quantitative estimate of drug-likeness (QED) is 0.831. The fraction of sp³-hybridized carbons (Fsp3) is 0.625. The van der Waals surface area contributed by atoms with Crippen LogP contribution in [0, 0.1) is 6.92 Å². The van der Waals surface area contributed by atoms with Gasteiger partial charge in [0.15, 0.2) is 0 Å². The summed E-state index contributed by atoms with van der Waals surface area (Å²) in [5.41, 5.74) is 3.72. The molecule has 1 aromatic rings. The summed E-state index contributed by atoms with van der Waals surface area (Å²) in [5, 5.41) is 0. The zero-order valence-corrected chi connectivity index (χ0v) is 12.3. The first-order valence-corrected chi connectivity index (χ1v) is 7.47. The Kier molecular flexibility index (Phi) is 4.56. The summed E-state index contributed by atoms with van der Waals surface area (Å²) in [6, 6.07) is 2.24. The van der Waals surface area contributed by atoms with Gasteiger partial charge in [0, 0.05) is 18.7 Å². The number of carbonyl (C=O) groups excluding carboxylic acids is 1. The average Bonchev–Trinajstić information content (AvgIpc) is 2.43. The molecule has 3 heteroatoms. The van der Waals surface area contributed by atoms with Crippen LogP contribution in [0.3, 0.4) is 0 Å².